The van der Waals surface area contributed by atoms with Crippen LogP contribution in [0.1, 0.15) is 73.6 Å². The smallest absolute Gasteiger partial charge is 0.0516 e. The Morgan fingerprint density at radius 1 is 0.619 bits per heavy atom. The topological polar surface area (TPSA) is 18.5 Å². The summed E-state index contributed by atoms with van der Waals surface area (Å²) in [5.74, 6) is 2.84. The fraction of sp³-hybridized carbons (Fsp3) is 1.00. The van der Waals surface area contributed by atoms with Crippen LogP contribution < -0.4 is 0 Å². The quantitative estimate of drug-likeness (QED) is 0.391. The highest BCUT2D eigenvalue weighted by Gasteiger charge is 2.12. The number of rotatable bonds is 14. The summed E-state index contributed by atoms with van der Waals surface area (Å²) in [7, 11) is 0. The van der Waals surface area contributed by atoms with Gasteiger partial charge in [-0.05, 0) is 49.9 Å². The summed E-state index contributed by atoms with van der Waals surface area (Å²) in [6.45, 7) is 17.2. The van der Waals surface area contributed by atoms with E-state index in [1.54, 1.807) is 0 Å². The molecular weight excluding hydrogens is 260 g/mol. The van der Waals surface area contributed by atoms with Gasteiger partial charge in [0, 0.05) is 19.1 Å². The van der Waals surface area contributed by atoms with E-state index in [-0.39, 0.29) is 0 Å². The van der Waals surface area contributed by atoms with Crippen LogP contribution in [0.15, 0.2) is 0 Å². The molecule has 0 atom stereocenters. The van der Waals surface area contributed by atoms with Crippen LogP contribution in [0.3, 0.4) is 0 Å². The van der Waals surface area contributed by atoms with Crippen LogP contribution in [-0.2, 0) is 9.47 Å². The van der Waals surface area contributed by atoms with E-state index in [1.165, 1.54) is 32.1 Å². The Kier molecular flexibility index (Phi) is 13.5. The summed E-state index contributed by atoms with van der Waals surface area (Å²) in [6.07, 6.45) is 6.10. The van der Waals surface area contributed by atoms with Gasteiger partial charge >= 0.3 is 0 Å². The zero-order valence-electron chi connectivity index (χ0n) is 15.5. The molecule has 0 rings (SSSR count). The second kappa shape index (κ2) is 13.6. The first-order valence-electron chi connectivity index (χ1n) is 9.07. The molecule has 0 aliphatic carbocycles. The molecule has 0 saturated heterocycles. The van der Waals surface area contributed by atoms with Crippen LogP contribution in [0.5, 0.6) is 0 Å². The minimum absolute atomic E-state index is 0.558. The number of hydrogen-bond acceptors (Lipinski definition) is 2. The van der Waals surface area contributed by atoms with Crippen molar-refractivity contribution in [3.05, 3.63) is 0 Å². The van der Waals surface area contributed by atoms with Gasteiger partial charge in [0.15, 0.2) is 0 Å². The van der Waals surface area contributed by atoms with Crippen LogP contribution in [0.2, 0.25) is 0 Å². The predicted octanol–water partition coefficient (Wildman–Crippen LogP) is 5.55. The van der Waals surface area contributed by atoms with E-state index < -0.39 is 0 Å². The number of hydrogen-bond donors (Lipinski definition) is 0. The fourth-order valence-corrected chi connectivity index (χ4v) is 2.54. The van der Waals surface area contributed by atoms with Gasteiger partial charge in [-0.15, -0.1) is 0 Å². The van der Waals surface area contributed by atoms with Crippen molar-refractivity contribution in [1.29, 1.82) is 0 Å². The maximum atomic E-state index is 5.86. The third-order valence-electron chi connectivity index (χ3n) is 3.65. The highest BCUT2D eigenvalue weighted by molar-refractivity contribution is 4.61. The van der Waals surface area contributed by atoms with Crippen molar-refractivity contribution in [3.8, 4) is 0 Å². The summed E-state index contributed by atoms with van der Waals surface area (Å²) < 4.78 is 11.7. The minimum Gasteiger partial charge on any atom is -0.381 e. The third kappa shape index (κ3) is 16.1. The van der Waals surface area contributed by atoms with Crippen molar-refractivity contribution < 1.29 is 9.47 Å². The fourth-order valence-electron chi connectivity index (χ4n) is 2.54. The van der Waals surface area contributed by atoms with E-state index in [2.05, 4.69) is 41.5 Å². The lowest BCUT2D eigenvalue weighted by Crippen LogP contribution is -2.19. The molecule has 0 aromatic rings. The van der Waals surface area contributed by atoms with Crippen LogP contribution >= 0.6 is 0 Å². The molecule has 0 aromatic heterocycles. The van der Waals surface area contributed by atoms with Crippen molar-refractivity contribution >= 4 is 0 Å². The van der Waals surface area contributed by atoms with E-state index >= 15 is 0 Å². The maximum absolute atomic E-state index is 5.86. The van der Waals surface area contributed by atoms with Crippen LogP contribution in [0, 0.1) is 23.7 Å². The molecule has 2 nitrogen and oxygen atoms in total. The van der Waals surface area contributed by atoms with Gasteiger partial charge in [-0.1, -0.05) is 41.5 Å². The van der Waals surface area contributed by atoms with Gasteiger partial charge in [0.1, 0.15) is 0 Å². The first-order chi connectivity index (χ1) is 9.91. The number of ether oxygens (including phenoxy) is 2. The molecule has 0 heterocycles. The molecule has 0 aromatic carbocycles. The van der Waals surface area contributed by atoms with Gasteiger partial charge < -0.3 is 9.47 Å². The van der Waals surface area contributed by atoms with Gasteiger partial charge in [0.05, 0.1) is 13.2 Å². The first-order valence-corrected chi connectivity index (χ1v) is 9.07. The normalized spacial score (nSPS) is 12.3. The average molecular weight is 301 g/mol. The zero-order chi connectivity index (χ0) is 16.1. The third-order valence-corrected chi connectivity index (χ3v) is 3.65. The van der Waals surface area contributed by atoms with Gasteiger partial charge in [-0.25, -0.2) is 0 Å². The summed E-state index contributed by atoms with van der Waals surface area (Å²) in [4.78, 5) is 0. The van der Waals surface area contributed by atoms with Crippen LogP contribution in [0.25, 0.3) is 0 Å². The monoisotopic (exact) mass is 300 g/mol. The maximum Gasteiger partial charge on any atom is 0.0516 e. The average Bonchev–Trinajstić information content (AvgIpc) is 2.36. The second-order valence-electron chi connectivity index (χ2n) is 7.72. The van der Waals surface area contributed by atoms with Crippen molar-refractivity contribution in [2.45, 2.75) is 73.6 Å². The Balaban J connectivity index is 3.71. The Labute approximate surface area is 134 Å². The summed E-state index contributed by atoms with van der Waals surface area (Å²) in [5, 5.41) is 0. The lowest BCUT2D eigenvalue weighted by molar-refractivity contribution is 0.0283. The minimum atomic E-state index is 0.558. The van der Waals surface area contributed by atoms with Gasteiger partial charge in [0.25, 0.3) is 0 Å². The zero-order valence-corrected chi connectivity index (χ0v) is 15.5. The molecule has 128 valence electrons. The molecule has 0 amide bonds. The van der Waals surface area contributed by atoms with E-state index in [1.807, 2.05) is 0 Å². The highest BCUT2D eigenvalue weighted by Crippen LogP contribution is 2.14. The Hall–Kier alpha value is -0.0800. The van der Waals surface area contributed by atoms with E-state index in [0.717, 1.165) is 38.3 Å². The van der Waals surface area contributed by atoms with Crippen LogP contribution in [-0.4, -0.2) is 26.4 Å². The Morgan fingerprint density at radius 2 is 1.05 bits per heavy atom. The van der Waals surface area contributed by atoms with Crippen LogP contribution in [0.4, 0.5) is 0 Å². The molecule has 0 aliphatic rings. The summed E-state index contributed by atoms with van der Waals surface area (Å²) in [5.41, 5.74) is 0. The molecule has 0 aliphatic heterocycles. The SMILES string of the molecule is CC(C)CCCOCC(COCCCC(C)C)CC(C)C. The summed E-state index contributed by atoms with van der Waals surface area (Å²) >= 11 is 0. The molecule has 0 unspecified atom stereocenters. The standard InChI is InChI=1S/C19H40O2/c1-16(2)9-7-11-20-14-19(13-18(5)6)15-21-12-8-10-17(3)4/h16-19H,7-15H2,1-6H3. The van der Waals surface area contributed by atoms with Crippen molar-refractivity contribution in [2.75, 3.05) is 26.4 Å². The molecule has 21 heavy (non-hydrogen) atoms. The lowest BCUT2D eigenvalue weighted by Gasteiger charge is -2.19. The molecule has 0 saturated carbocycles. The van der Waals surface area contributed by atoms with E-state index in [4.69, 9.17) is 9.47 Å². The van der Waals surface area contributed by atoms with Crippen molar-refractivity contribution in [3.63, 3.8) is 0 Å². The van der Waals surface area contributed by atoms with Crippen molar-refractivity contribution in [1.82, 2.24) is 0 Å². The first kappa shape index (κ1) is 20.9. The molecular formula is C19H40O2. The Morgan fingerprint density at radius 3 is 1.38 bits per heavy atom. The van der Waals surface area contributed by atoms with Gasteiger partial charge in [-0.2, -0.15) is 0 Å². The molecule has 0 spiro atoms. The van der Waals surface area contributed by atoms with E-state index in [9.17, 15) is 0 Å². The lowest BCUT2D eigenvalue weighted by atomic mass is 9.98. The largest absolute Gasteiger partial charge is 0.381 e. The molecule has 0 bridgehead atoms. The van der Waals surface area contributed by atoms with Gasteiger partial charge in [0.2, 0.25) is 0 Å². The Bertz CT molecular complexity index is 194. The molecule has 0 radical (unpaired) electrons. The second-order valence-corrected chi connectivity index (χ2v) is 7.72. The van der Waals surface area contributed by atoms with Gasteiger partial charge in [-0.3, -0.25) is 0 Å². The molecule has 0 fully saturated rings. The summed E-state index contributed by atoms with van der Waals surface area (Å²) in [6, 6.07) is 0. The molecule has 0 N–H and O–H groups in total. The van der Waals surface area contributed by atoms with E-state index in [0.29, 0.717) is 11.8 Å². The molecule has 2 heteroatoms. The highest BCUT2D eigenvalue weighted by atomic mass is 16.5. The van der Waals surface area contributed by atoms with Crippen molar-refractivity contribution in [2.24, 2.45) is 23.7 Å². The predicted molar refractivity (Wildman–Crippen MR) is 92.7 cm³/mol.